The van der Waals surface area contributed by atoms with E-state index in [0.717, 1.165) is 69.7 Å². The molecule has 3 atom stereocenters. The molecule has 0 radical (unpaired) electrons. The number of rotatable bonds is 6. The minimum Gasteiger partial charge on any atom is -0.356 e. The summed E-state index contributed by atoms with van der Waals surface area (Å²) in [4.78, 5) is 21.7. The quantitative estimate of drug-likeness (QED) is 0.245. The van der Waals surface area contributed by atoms with Crippen LogP contribution in [-0.4, -0.2) is 74.0 Å². The summed E-state index contributed by atoms with van der Waals surface area (Å²) in [5.41, 5.74) is 0. The highest BCUT2D eigenvalue weighted by Crippen LogP contribution is 2.27. The summed E-state index contributed by atoms with van der Waals surface area (Å²) in [6.45, 7) is 11.0. The fourth-order valence-corrected chi connectivity index (χ4v) is 5.38. The van der Waals surface area contributed by atoms with Crippen LogP contribution < -0.4 is 10.6 Å². The van der Waals surface area contributed by atoms with E-state index in [2.05, 4.69) is 39.3 Å². The molecule has 0 bridgehead atoms. The first-order valence-electron chi connectivity index (χ1n) is 11.5. The van der Waals surface area contributed by atoms with Gasteiger partial charge in [-0.3, -0.25) is 9.79 Å². The van der Waals surface area contributed by atoms with E-state index >= 15 is 0 Å². The van der Waals surface area contributed by atoms with Gasteiger partial charge < -0.3 is 20.4 Å². The summed E-state index contributed by atoms with van der Waals surface area (Å²) in [7, 11) is 1.83. The van der Waals surface area contributed by atoms with Gasteiger partial charge in [-0.2, -0.15) is 0 Å². The largest absolute Gasteiger partial charge is 0.356 e. The Morgan fingerprint density at radius 2 is 1.76 bits per heavy atom. The van der Waals surface area contributed by atoms with Crippen LogP contribution in [0.4, 0.5) is 0 Å². The molecule has 1 aliphatic carbocycles. The molecule has 3 fully saturated rings. The molecule has 1 saturated carbocycles. The number of hydrogen-bond acceptors (Lipinski definition) is 3. The maximum Gasteiger partial charge on any atom is 0.225 e. The van der Waals surface area contributed by atoms with Gasteiger partial charge in [0.2, 0.25) is 5.91 Å². The second kappa shape index (κ2) is 12.3. The molecule has 0 aromatic heterocycles. The highest BCUT2D eigenvalue weighted by atomic mass is 127. The van der Waals surface area contributed by atoms with Crippen LogP contribution in [0.2, 0.25) is 0 Å². The smallest absolute Gasteiger partial charge is 0.225 e. The molecular weight excluding hydrogens is 477 g/mol. The Bertz CT molecular complexity index is 527. The van der Waals surface area contributed by atoms with Crippen molar-refractivity contribution in [2.75, 3.05) is 46.3 Å². The third-order valence-corrected chi connectivity index (χ3v) is 6.66. The van der Waals surface area contributed by atoms with E-state index in [1.165, 1.54) is 32.4 Å². The molecule has 2 saturated heterocycles. The predicted octanol–water partition coefficient (Wildman–Crippen LogP) is 2.93. The number of hydrogen-bond donors (Lipinski definition) is 2. The van der Waals surface area contributed by atoms with Crippen molar-refractivity contribution in [3.05, 3.63) is 0 Å². The zero-order chi connectivity index (χ0) is 19.9. The maximum absolute atomic E-state index is 12.6. The number of nitrogens with one attached hydrogen (secondary N) is 2. The number of guanidine groups is 1. The molecule has 2 heterocycles. The Balaban J connectivity index is 0.00000300. The van der Waals surface area contributed by atoms with Gasteiger partial charge in [-0.15, -0.1) is 24.0 Å². The normalized spacial score (nSPS) is 29.0. The van der Waals surface area contributed by atoms with Crippen molar-refractivity contribution in [1.29, 1.82) is 0 Å². The van der Waals surface area contributed by atoms with Crippen LogP contribution in [-0.2, 0) is 4.79 Å². The molecule has 2 N–H and O–H groups in total. The Labute approximate surface area is 194 Å². The monoisotopic (exact) mass is 519 g/mol. The molecule has 6 nitrogen and oxygen atoms in total. The lowest BCUT2D eigenvalue weighted by Crippen LogP contribution is -2.46. The highest BCUT2D eigenvalue weighted by molar-refractivity contribution is 14.0. The fourth-order valence-electron chi connectivity index (χ4n) is 5.38. The number of nitrogens with zero attached hydrogens (tertiary/aromatic N) is 3. The molecule has 2 aliphatic heterocycles. The van der Waals surface area contributed by atoms with Crippen molar-refractivity contribution >= 4 is 35.8 Å². The van der Waals surface area contributed by atoms with E-state index in [4.69, 9.17) is 0 Å². The molecule has 3 aliphatic rings. The number of amides is 1. The van der Waals surface area contributed by atoms with E-state index in [0.29, 0.717) is 11.9 Å². The van der Waals surface area contributed by atoms with Crippen LogP contribution in [0, 0.1) is 17.8 Å². The number of aliphatic imine (C=N–C) groups is 1. The fraction of sp³-hybridized carbons (Fsp3) is 0.909. The summed E-state index contributed by atoms with van der Waals surface area (Å²) in [6.07, 6.45) is 8.14. The zero-order valence-electron chi connectivity index (χ0n) is 18.7. The second-order valence-electron chi connectivity index (χ2n) is 9.45. The lowest BCUT2D eigenvalue weighted by Gasteiger charge is -2.35. The highest BCUT2D eigenvalue weighted by Gasteiger charge is 2.32. The van der Waals surface area contributed by atoms with E-state index in [1.54, 1.807) is 0 Å². The molecule has 0 spiro atoms. The molecule has 29 heavy (non-hydrogen) atoms. The first-order chi connectivity index (χ1) is 13.5. The summed E-state index contributed by atoms with van der Waals surface area (Å²) in [5, 5.41) is 6.99. The molecule has 3 rings (SSSR count). The average Bonchev–Trinajstić information content (AvgIpc) is 3.35. The molecule has 3 unspecified atom stereocenters. The number of carbonyl (C=O) groups is 1. The summed E-state index contributed by atoms with van der Waals surface area (Å²) in [5.74, 6) is 3.19. The molecule has 0 aromatic rings. The molecule has 1 amide bonds. The summed E-state index contributed by atoms with van der Waals surface area (Å²) < 4.78 is 0. The first kappa shape index (κ1) is 24.7. The van der Waals surface area contributed by atoms with E-state index in [1.807, 2.05) is 7.05 Å². The van der Waals surface area contributed by atoms with Gasteiger partial charge in [-0.25, -0.2) is 0 Å². The third kappa shape index (κ3) is 7.56. The average molecular weight is 520 g/mol. The van der Waals surface area contributed by atoms with Crippen LogP contribution in [0.15, 0.2) is 4.99 Å². The minimum absolute atomic E-state index is 0. The Morgan fingerprint density at radius 1 is 1.07 bits per heavy atom. The van der Waals surface area contributed by atoms with Crippen molar-refractivity contribution < 1.29 is 4.79 Å². The van der Waals surface area contributed by atoms with Crippen molar-refractivity contribution in [2.24, 2.45) is 22.7 Å². The van der Waals surface area contributed by atoms with Crippen LogP contribution >= 0.6 is 24.0 Å². The van der Waals surface area contributed by atoms with Crippen LogP contribution in [0.25, 0.3) is 0 Å². The number of carbonyl (C=O) groups excluding carboxylic acids is 1. The van der Waals surface area contributed by atoms with Gasteiger partial charge in [0.05, 0.1) is 0 Å². The van der Waals surface area contributed by atoms with Crippen molar-refractivity contribution in [1.82, 2.24) is 20.4 Å². The predicted molar refractivity (Wildman–Crippen MR) is 131 cm³/mol. The van der Waals surface area contributed by atoms with Crippen LogP contribution in [0.3, 0.4) is 0 Å². The van der Waals surface area contributed by atoms with Crippen molar-refractivity contribution in [3.63, 3.8) is 0 Å². The number of likely N-dealkylation sites (tertiary alicyclic amines) is 2. The molecule has 0 aromatic carbocycles. The Hall–Kier alpha value is -0.570. The van der Waals surface area contributed by atoms with Crippen LogP contribution in [0.1, 0.15) is 58.8 Å². The van der Waals surface area contributed by atoms with Gasteiger partial charge in [-0.05, 0) is 50.5 Å². The Morgan fingerprint density at radius 3 is 2.41 bits per heavy atom. The Kier molecular flexibility index (Phi) is 10.5. The van der Waals surface area contributed by atoms with Crippen molar-refractivity contribution in [2.45, 2.75) is 64.8 Å². The van der Waals surface area contributed by atoms with E-state index in [9.17, 15) is 4.79 Å². The molecule has 7 heteroatoms. The van der Waals surface area contributed by atoms with Gasteiger partial charge in [0.15, 0.2) is 5.96 Å². The number of piperidine rings is 1. The lowest BCUT2D eigenvalue weighted by atomic mass is 9.92. The topological polar surface area (TPSA) is 60.0 Å². The van der Waals surface area contributed by atoms with Gasteiger partial charge >= 0.3 is 0 Å². The SMILES string of the molecule is CN=C(NCCCN1CC(C)CC(C)C1)NC1CCN(C(=O)C2CCCC2)C1.I. The van der Waals surface area contributed by atoms with E-state index < -0.39 is 0 Å². The first-order valence-corrected chi connectivity index (χ1v) is 11.5. The summed E-state index contributed by atoms with van der Waals surface area (Å²) >= 11 is 0. The van der Waals surface area contributed by atoms with Crippen molar-refractivity contribution in [3.8, 4) is 0 Å². The maximum atomic E-state index is 12.6. The standard InChI is InChI=1S/C22H41N5O.HI/c1-17-13-18(2)15-26(14-17)11-6-10-24-22(23-3)25-20-9-12-27(16-20)21(28)19-7-4-5-8-19;/h17-20H,4-16H2,1-3H3,(H2,23,24,25);1H. The number of halogens is 1. The van der Waals surface area contributed by atoms with Gasteiger partial charge in [0, 0.05) is 51.7 Å². The molecule has 168 valence electrons. The van der Waals surface area contributed by atoms with Gasteiger partial charge in [0.25, 0.3) is 0 Å². The third-order valence-electron chi connectivity index (χ3n) is 6.66. The van der Waals surface area contributed by atoms with E-state index in [-0.39, 0.29) is 29.9 Å². The zero-order valence-corrected chi connectivity index (χ0v) is 21.0. The summed E-state index contributed by atoms with van der Waals surface area (Å²) in [6, 6.07) is 0.320. The minimum atomic E-state index is 0. The molecular formula is C22H42IN5O. The lowest BCUT2D eigenvalue weighted by molar-refractivity contribution is -0.134. The van der Waals surface area contributed by atoms with Gasteiger partial charge in [0.1, 0.15) is 0 Å². The second-order valence-corrected chi connectivity index (χ2v) is 9.45. The van der Waals surface area contributed by atoms with Crippen LogP contribution in [0.5, 0.6) is 0 Å². The van der Waals surface area contributed by atoms with Gasteiger partial charge in [-0.1, -0.05) is 26.7 Å².